The maximum absolute atomic E-state index is 11.7. The van der Waals surface area contributed by atoms with Gasteiger partial charge in [-0.25, -0.2) is 4.79 Å². The molecule has 27 heavy (non-hydrogen) atoms. The lowest BCUT2D eigenvalue weighted by atomic mass is 9.88. The van der Waals surface area contributed by atoms with Gasteiger partial charge in [0.1, 0.15) is 12.2 Å². The van der Waals surface area contributed by atoms with Crippen LogP contribution in [-0.2, 0) is 23.7 Å². The van der Waals surface area contributed by atoms with Crippen molar-refractivity contribution in [2.24, 2.45) is 5.41 Å². The van der Waals surface area contributed by atoms with Crippen molar-refractivity contribution in [1.29, 1.82) is 0 Å². The highest BCUT2D eigenvalue weighted by Gasteiger charge is 2.21. The number of carbonyl (C=O) groups excluding carboxylic acids is 2. The molecule has 0 spiro atoms. The summed E-state index contributed by atoms with van der Waals surface area (Å²) in [6, 6.07) is 0.0757. The Morgan fingerprint density at radius 2 is 1.37 bits per heavy atom. The second-order valence-electron chi connectivity index (χ2n) is 8.36. The molecule has 0 aromatic heterocycles. The number of hydrogen-bond donors (Lipinski definition) is 2. The van der Waals surface area contributed by atoms with Crippen LogP contribution in [-0.4, -0.2) is 69.8 Å². The van der Waals surface area contributed by atoms with Crippen LogP contribution in [0.4, 0.5) is 4.79 Å². The van der Waals surface area contributed by atoms with Crippen LogP contribution in [0.5, 0.6) is 0 Å². The Balaban J connectivity index is 3.43. The van der Waals surface area contributed by atoms with Crippen LogP contribution in [0.3, 0.4) is 0 Å². The zero-order chi connectivity index (χ0) is 20.9. The molecule has 8 nitrogen and oxygen atoms in total. The Hall–Kier alpha value is -1.38. The number of alkyl carbamates (subject to hydrolysis) is 1. The van der Waals surface area contributed by atoms with Crippen LogP contribution in [0.15, 0.2) is 0 Å². The molecule has 0 aromatic rings. The zero-order valence-electron chi connectivity index (χ0n) is 18.0. The van der Waals surface area contributed by atoms with Gasteiger partial charge in [0.25, 0.3) is 0 Å². The lowest BCUT2D eigenvalue weighted by Gasteiger charge is -2.28. The summed E-state index contributed by atoms with van der Waals surface area (Å²) < 4.78 is 21.1. The van der Waals surface area contributed by atoms with Gasteiger partial charge in [0.2, 0.25) is 5.91 Å². The van der Waals surface area contributed by atoms with Gasteiger partial charge in [-0.2, -0.15) is 0 Å². The topological polar surface area (TPSA) is 95.1 Å². The van der Waals surface area contributed by atoms with E-state index in [1.807, 2.05) is 27.7 Å². The number of nitrogens with one attached hydrogen (secondary N) is 2. The lowest BCUT2D eigenvalue weighted by molar-refractivity contribution is -0.127. The summed E-state index contributed by atoms with van der Waals surface area (Å²) in [6.45, 7) is 16.0. The minimum absolute atomic E-state index is 0.0151. The normalized spacial score (nSPS) is 13.1. The molecule has 0 saturated heterocycles. The molecule has 0 radical (unpaired) electrons. The minimum Gasteiger partial charge on any atom is -0.444 e. The second-order valence-corrected chi connectivity index (χ2v) is 8.36. The van der Waals surface area contributed by atoms with E-state index >= 15 is 0 Å². The van der Waals surface area contributed by atoms with E-state index in [-0.39, 0.29) is 24.0 Å². The molecule has 0 bridgehead atoms. The smallest absolute Gasteiger partial charge is 0.407 e. The first-order chi connectivity index (χ1) is 12.4. The van der Waals surface area contributed by atoms with Crippen LogP contribution < -0.4 is 10.6 Å². The Morgan fingerprint density at radius 1 is 0.852 bits per heavy atom. The Labute approximate surface area is 163 Å². The van der Waals surface area contributed by atoms with Gasteiger partial charge in [0, 0.05) is 12.6 Å². The summed E-state index contributed by atoms with van der Waals surface area (Å²) in [5.41, 5.74) is -0.493. The van der Waals surface area contributed by atoms with Crippen molar-refractivity contribution < 1.29 is 28.5 Å². The Kier molecular flexibility index (Phi) is 12.2. The van der Waals surface area contributed by atoms with Crippen LogP contribution in [0.2, 0.25) is 0 Å². The van der Waals surface area contributed by atoms with Gasteiger partial charge in [0.15, 0.2) is 0 Å². The third kappa shape index (κ3) is 16.5. The van der Waals surface area contributed by atoms with E-state index in [1.165, 1.54) is 0 Å². The predicted molar refractivity (Wildman–Crippen MR) is 104 cm³/mol. The van der Waals surface area contributed by atoms with Gasteiger partial charge in [-0.1, -0.05) is 20.8 Å². The van der Waals surface area contributed by atoms with Crippen molar-refractivity contribution >= 4 is 12.0 Å². The van der Waals surface area contributed by atoms with Gasteiger partial charge in [-0.05, 0) is 33.1 Å². The predicted octanol–water partition coefficient (Wildman–Crippen LogP) is 2.11. The molecule has 2 amide bonds. The molecule has 8 heteroatoms. The molecule has 0 aliphatic rings. The molecule has 0 aliphatic carbocycles. The van der Waals surface area contributed by atoms with Gasteiger partial charge in [-0.3, -0.25) is 4.79 Å². The first-order valence-corrected chi connectivity index (χ1v) is 9.41. The molecular weight excluding hydrogens is 352 g/mol. The minimum atomic E-state index is -0.508. The van der Waals surface area contributed by atoms with Crippen molar-refractivity contribution in [2.75, 3.05) is 46.2 Å². The fourth-order valence-corrected chi connectivity index (χ4v) is 1.64. The largest absolute Gasteiger partial charge is 0.444 e. The SMILES string of the molecule is CC(NC(=O)COCCOCCOCCNC(=O)OC(C)(C)C)C(C)(C)C. The summed E-state index contributed by atoms with van der Waals surface area (Å²) >= 11 is 0. The number of rotatable bonds is 12. The van der Waals surface area contributed by atoms with Crippen molar-refractivity contribution in [1.82, 2.24) is 10.6 Å². The van der Waals surface area contributed by atoms with Crippen molar-refractivity contribution in [3.05, 3.63) is 0 Å². The molecule has 1 atom stereocenters. The van der Waals surface area contributed by atoms with Crippen molar-refractivity contribution in [2.45, 2.75) is 60.1 Å². The highest BCUT2D eigenvalue weighted by molar-refractivity contribution is 5.77. The number of amides is 2. The van der Waals surface area contributed by atoms with Gasteiger partial charge < -0.3 is 29.6 Å². The van der Waals surface area contributed by atoms with Crippen molar-refractivity contribution in [3.8, 4) is 0 Å². The molecule has 0 rings (SSSR count). The first kappa shape index (κ1) is 25.6. The van der Waals surface area contributed by atoms with Crippen LogP contribution in [0.25, 0.3) is 0 Å². The van der Waals surface area contributed by atoms with Crippen LogP contribution >= 0.6 is 0 Å². The molecule has 160 valence electrons. The maximum Gasteiger partial charge on any atom is 0.407 e. The molecule has 2 N–H and O–H groups in total. The molecule has 0 heterocycles. The average Bonchev–Trinajstić information content (AvgIpc) is 2.49. The quantitative estimate of drug-likeness (QED) is 0.496. The van der Waals surface area contributed by atoms with Gasteiger partial charge in [-0.15, -0.1) is 0 Å². The van der Waals surface area contributed by atoms with E-state index in [1.54, 1.807) is 0 Å². The van der Waals surface area contributed by atoms with Crippen LogP contribution in [0, 0.1) is 5.41 Å². The van der Waals surface area contributed by atoms with Crippen LogP contribution in [0.1, 0.15) is 48.5 Å². The van der Waals surface area contributed by atoms with E-state index < -0.39 is 11.7 Å². The van der Waals surface area contributed by atoms with E-state index in [4.69, 9.17) is 18.9 Å². The molecule has 0 aliphatic heterocycles. The van der Waals surface area contributed by atoms with E-state index in [0.717, 1.165) is 0 Å². The lowest BCUT2D eigenvalue weighted by Crippen LogP contribution is -2.43. The summed E-state index contributed by atoms with van der Waals surface area (Å²) in [5, 5.41) is 5.51. The number of hydrogen-bond acceptors (Lipinski definition) is 6. The molecule has 0 aromatic carbocycles. The summed E-state index contributed by atoms with van der Waals surface area (Å²) in [6.07, 6.45) is -0.458. The van der Waals surface area contributed by atoms with Gasteiger partial charge >= 0.3 is 6.09 Å². The monoisotopic (exact) mass is 390 g/mol. The zero-order valence-corrected chi connectivity index (χ0v) is 18.0. The van der Waals surface area contributed by atoms with Crippen molar-refractivity contribution in [3.63, 3.8) is 0 Å². The molecule has 0 fully saturated rings. The Morgan fingerprint density at radius 3 is 1.89 bits per heavy atom. The van der Waals surface area contributed by atoms with E-state index in [9.17, 15) is 9.59 Å². The maximum atomic E-state index is 11.7. The fourth-order valence-electron chi connectivity index (χ4n) is 1.64. The average molecular weight is 391 g/mol. The van der Waals surface area contributed by atoms with Gasteiger partial charge in [0.05, 0.1) is 33.0 Å². The fraction of sp³-hybridized carbons (Fsp3) is 0.895. The standard InChI is InChI=1S/C19H38N2O6/c1-15(18(2,3)4)21-16(22)14-26-13-12-25-11-10-24-9-8-20-17(23)27-19(5,6)7/h15H,8-14H2,1-7H3,(H,20,23)(H,21,22). The summed E-state index contributed by atoms with van der Waals surface area (Å²) in [4.78, 5) is 23.1. The highest BCUT2D eigenvalue weighted by Crippen LogP contribution is 2.18. The summed E-state index contributed by atoms with van der Waals surface area (Å²) in [5.74, 6) is -0.127. The number of carbonyl (C=O) groups is 2. The van der Waals surface area contributed by atoms with E-state index in [0.29, 0.717) is 39.6 Å². The third-order valence-electron chi connectivity index (χ3n) is 3.57. The highest BCUT2D eigenvalue weighted by atomic mass is 16.6. The molecule has 0 saturated carbocycles. The second kappa shape index (κ2) is 12.9. The number of ether oxygens (including phenoxy) is 4. The third-order valence-corrected chi connectivity index (χ3v) is 3.57. The summed E-state index contributed by atoms with van der Waals surface area (Å²) in [7, 11) is 0. The van der Waals surface area contributed by atoms with E-state index in [2.05, 4.69) is 31.4 Å². The molecule has 1 unspecified atom stereocenters. The Bertz CT molecular complexity index is 429. The molecular formula is C19H38N2O6. The first-order valence-electron chi connectivity index (χ1n) is 9.41.